The van der Waals surface area contributed by atoms with Crippen LogP contribution >= 0.6 is 23.3 Å². The molecule has 3 aromatic rings. The van der Waals surface area contributed by atoms with Crippen molar-refractivity contribution in [2.24, 2.45) is 11.1 Å². The zero-order valence-corrected chi connectivity index (χ0v) is 20.3. The number of anilines is 3. The van der Waals surface area contributed by atoms with Crippen LogP contribution in [0.5, 0.6) is 0 Å². The standard InChI is InChI=1S/C20H26N6O3S3/c1-26(32(2,28)29)17(27)8-11-3-5-13-15(7-11)30-20-18(13)19(23-10-24-20)25-12-4-6-14(21)16(9-12)31-22/h4,6,9-11,17,27H,3,5,7-8,21-22H2,1-2H3,(H,23,24,25)/p+1. The minimum absolute atomic E-state index is 0.209. The van der Waals surface area contributed by atoms with Crippen LogP contribution in [0.1, 0.15) is 23.3 Å². The first-order valence-corrected chi connectivity index (χ1v) is 13.7. The third-order valence-corrected chi connectivity index (χ3v) is 8.97. The van der Waals surface area contributed by atoms with Crippen molar-refractivity contribution in [3.63, 3.8) is 0 Å². The van der Waals surface area contributed by atoms with Gasteiger partial charge in [0.2, 0.25) is 10.0 Å². The Balaban J connectivity index is 1.58. The molecule has 4 rings (SSSR count). The fourth-order valence-corrected chi connectivity index (χ4v) is 6.29. The van der Waals surface area contributed by atoms with E-state index in [4.69, 9.17) is 10.9 Å². The Labute approximate surface area is 195 Å². The summed E-state index contributed by atoms with van der Waals surface area (Å²) in [5, 5.41) is 20.5. The van der Waals surface area contributed by atoms with Crippen LogP contribution in [0.25, 0.3) is 10.2 Å². The highest BCUT2D eigenvalue weighted by Gasteiger charge is 2.30. The molecule has 0 bridgehead atoms. The summed E-state index contributed by atoms with van der Waals surface area (Å²) in [7, 11) is -2.02. The number of nitrogens with zero attached hydrogens (tertiary/aromatic N) is 2. The molecule has 0 amide bonds. The van der Waals surface area contributed by atoms with E-state index in [1.807, 2.05) is 18.2 Å². The molecule has 172 valence electrons. The number of aryl methyl sites for hydroxylation is 1. The summed E-state index contributed by atoms with van der Waals surface area (Å²) in [5.41, 5.74) is 8.68. The lowest BCUT2D eigenvalue weighted by Crippen LogP contribution is -2.38. The number of benzene rings is 1. The molecule has 1 aliphatic carbocycles. The summed E-state index contributed by atoms with van der Waals surface area (Å²) >= 11 is 2.79. The van der Waals surface area contributed by atoms with E-state index >= 15 is 0 Å². The summed E-state index contributed by atoms with van der Waals surface area (Å²) in [6, 6.07) is 5.61. The zero-order chi connectivity index (χ0) is 23.0. The van der Waals surface area contributed by atoms with Gasteiger partial charge in [0.25, 0.3) is 12.1 Å². The van der Waals surface area contributed by atoms with Gasteiger partial charge in [0, 0.05) is 28.2 Å². The maximum absolute atomic E-state index is 11.7. The average molecular weight is 496 g/mol. The number of nitrogens with two attached hydrogens (primary N) is 2. The van der Waals surface area contributed by atoms with Crippen molar-refractivity contribution in [2.75, 3.05) is 24.4 Å². The molecule has 12 heteroatoms. The van der Waals surface area contributed by atoms with Crippen molar-refractivity contribution >= 4 is 60.7 Å². The van der Waals surface area contributed by atoms with E-state index in [1.165, 1.54) is 17.5 Å². The van der Waals surface area contributed by atoms with Gasteiger partial charge in [-0.25, -0.2) is 13.4 Å². The molecule has 1 aliphatic rings. The smallest absolute Gasteiger partial charge is 0.287 e. The first-order chi connectivity index (χ1) is 15.2. The third kappa shape index (κ3) is 4.70. The largest absolute Gasteiger partial charge is 0.398 e. The molecule has 0 radical (unpaired) electrons. The van der Waals surface area contributed by atoms with E-state index in [1.54, 1.807) is 17.7 Å². The van der Waals surface area contributed by atoms with Crippen LogP contribution < -0.4 is 21.2 Å². The topological polar surface area (TPSA) is 149 Å². The Kier molecular flexibility index (Phi) is 6.61. The third-order valence-electron chi connectivity index (χ3n) is 5.88. The number of fused-ring (bicyclic) bond motifs is 3. The number of aromatic amines is 1. The van der Waals surface area contributed by atoms with Crippen LogP contribution in [-0.4, -0.2) is 42.3 Å². The summed E-state index contributed by atoms with van der Waals surface area (Å²) < 4.78 is 24.5. The van der Waals surface area contributed by atoms with Gasteiger partial charge in [-0.15, -0.1) is 0 Å². The monoisotopic (exact) mass is 495 g/mol. The lowest BCUT2D eigenvalue weighted by molar-refractivity contribution is -0.346. The number of nitrogen functional groups attached to an aromatic ring is 1. The molecule has 0 fully saturated rings. The molecule has 0 spiro atoms. The van der Waals surface area contributed by atoms with Crippen LogP contribution in [0.3, 0.4) is 0 Å². The number of thiophene rings is 1. The Bertz CT molecular complexity index is 1250. The van der Waals surface area contributed by atoms with E-state index in [-0.39, 0.29) is 5.92 Å². The quantitative estimate of drug-likeness (QED) is 0.221. The Morgan fingerprint density at radius 1 is 1.47 bits per heavy atom. The number of rotatable bonds is 7. The van der Waals surface area contributed by atoms with Crippen LogP contribution in [0, 0.1) is 5.92 Å². The van der Waals surface area contributed by atoms with Crippen molar-refractivity contribution in [3.8, 4) is 0 Å². The molecule has 0 saturated heterocycles. The van der Waals surface area contributed by atoms with Gasteiger partial charge in [-0.2, -0.15) is 4.31 Å². The van der Waals surface area contributed by atoms with Gasteiger partial charge >= 0.3 is 0 Å². The SMILES string of the molecule is CN(C(O)CC1CCc2c(sc3[nH+]cnc(Nc4ccc(N)c(SN)c4)c23)C1)S(C)(=O)=O. The van der Waals surface area contributed by atoms with Crippen molar-refractivity contribution in [1.29, 1.82) is 0 Å². The van der Waals surface area contributed by atoms with Gasteiger partial charge in [-0.3, -0.25) is 5.14 Å². The van der Waals surface area contributed by atoms with E-state index in [2.05, 4.69) is 15.3 Å². The van der Waals surface area contributed by atoms with Gasteiger partial charge in [-0.1, -0.05) is 11.3 Å². The second kappa shape index (κ2) is 9.12. The van der Waals surface area contributed by atoms with Gasteiger partial charge < -0.3 is 16.2 Å². The highest BCUT2D eigenvalue weighted by molar-refractivity contribution is 7.97. The molecule has 2 aromatic heterocycles. The van der Waals surface area contributed by atoms with Gasteiger partial charge in [0.1, 0.15) is 11.6 Å². The van der Waals surface area contributed by atoms with Crippen LogP contribution in [0.2, 0.25) is 0 Å². The summed E-state index contributed by atoms with van der Waals surface area (Å²) in [6.45, 7) is 0. The normalized spacial score (nSPS) is 17.5. The lowest BCUT2D eigenvalue weighted by Gasteiger charge is -2.28. The first-order valence-electron chi connectivity index (χ1n) is 10.1. The van der Waals surface area contributed by atoms with Crippen molar-refractivity contribution < 1.29 is 18.5 Å². The van der Waals surface area contributed by atoms with Gasteiger partial charge in [-0.05, 0) is 72.3 Å². The number of aliphatic hydroxyl groups is 1. The van der Waals surface area contributed by atoms with E-state index in [0.29, 0.717) is 12.1 Å². The lowest BCUT2D eigenvalue weighted by atomic mass is 9.85. The second-order valence-corrected chi connectivity index (χ2v) is 11.9. The number of aliphatic hydroxyl groups excluding tert-OH is 1. The maximum atomic E-state index is 11.7. The van der Waals surface area contributed by atoms with Crippen LogP contribution in [0.15, 0.2) is 29.4 Å². The maximum Gasteiger partial charge on any atom is 0.287 e. The number of nitrogens with one attached hydrogen (secondary N) is 2. The highest BCUT2D eigenvalue weighted by Crippen LogP contribution is 2.41. The number of aromatic nitrogens is 2. The molecule has 0 saturated carbocycles. The molecular formula is C20H27N6O3S3+. The molecule has 0 aliphatic heterocycles. The van der Waals surface area contributed by atoms with Crippen molar-refractivity contribution in [1.82, 2.24) is 9.29 Å². The molecule has 2 heterocycles. The van der Waals surface area contributed by atoms with Gasteiger partial charge in [0.15, 0.2) is 4.83 Å². The Hall–Kier alpha value is -1.96. The van der Waals surface area contributed by atoms with Crippen LogP contribution in [-0.2, 0) is 22.9 Å². The highest BCUT2D eigenvalue weighted by atomic mass is 32.2. The minimum atomic E-state index is -3.43. The summed E-state index contributed by atoms with van der Waals surface area (Å²) in [6.07, 6.45) is 4.69. The number of sulfonamides is 1. The van der Waals surface area contributed by atoms with Crippen molar-refractivity contribution in [2.45, 2.75) is 36.8 Å². The van der Waals surface area contributed by atoms with Crippen LogP contribution in [0.4, 0.5) is 17.2 Å². The van der Waals surface area contributed by atoms with Crippen molar-refractivity contribution in [3.05, 3.63) is 35.0 Å². The first kappa shape index (κ1) is 23.2. The molecule has 2 atom stereocenters. The van der Waals surface area contributed by atoms with Gasteiger partial charge in [0.05, 0.1) is 6.26 Å². The second-order valence-electron chi connectivity index (χ2n) is 8.06. The predicted molar refractivity (Wildman–Crippen MR) is 129 cm³/mol. The molecular weight excluding hydrogens is 468 g/mol. The molecule has 2 unspecified atom stereocenters. The average Bonchev–Trinajstić information content (AvgIpc) is 3.12. The fourth-order valence-electron chi connectivity index (χ4n) is 4.04. The minimum Gasteiger partial charge on any atom is -0.398 e. The van der Waals surface area contributed by atoms with E-state index < -0.39 is 16.3 Å². The van der Waals surface area contributed by atoms with E-state index in [9.17, 15) is 13.5 Å². The predicted octanol–water partition coefficient (Wildman–Crippen LogP) is 2.11. The number of hydrogen-bond donors (Lipinski definition) is 4. The summed E-state index contributed by atoms with van der Waals surface area (Å²) in [4.78, 5) is 10.9. The van der Waals surface area contributed by atoms with E-state index in [0.717, 1.165) is 68.4 Å². The molecule has 32 heavy (non-hydrogen) atoms. The Morgan fingerprint density at radius 2 is 2.25 bits per heavy atom. The summed E-state index contributed by atoms with van der Waals surface area (Å²) in [5.74, 6) is 0.977. The fraction of sp³-hybridized carbons (Fsp3) is 0.400. The molecule has 7 N–H and O–H groups in total. The molecule has 9 nitrogen and oxygen atoms in total. The zero-order valence-electron chi connectivity index (χ0n) is 17.8. The number of hydrogen-bond acceptors (Lipinski definition) is 9. The number of H-pyrrole nitrogens is 1. The molecule has 1 aromatic carbocycles. The Morgan fingerprint density at radius 3 is 2.97 bits per heavy atom.